The molecule has 4 atom stereocenters. The zero-order valence-corrected chi connectivity index (χ0v) is 10.6. The zero-order chi connectivity index (χ0) is 14.1. The molecule has 2 saturated heterocycles. The Bertz CT molecular complexity index is 651. The number of aliphatic carboxylic acids is 1. The van der Waals surface area contributed by atoms with Crippen LogP contribution < -0.4 is 10.0 Å². The van der Waals surface area contributed by atoms with Crippen molar-refractivity contribution < 1.29 is 24.0 Å². The van der Waals surface area contributed by atoms with Crippen molar-refractivity contribution in [2.24, 2.45) is 11.8 Å². The second-order valence-corrected chi connectivity index (χ2v) is 5.44. The van der Waals surface area contributed by atoms with Gasteiger partial charge in [-0.05, 0) is 6.92 Å². The van der Waals surface area contributed by atoms with Gasteiger partial charge in [0.1, 0.15) is 11.4 Å². The van der Waals surface area contributed by atoms with E-state index in [0.29, 0.717) is 11.6 Å². The van der Waals surface area contributed by atoms with Crippen LogP contribution in [0.5, 0.6) is 0 Å². The molecule has 0 N–H and O–H groups in total. The van der Waals surface area contributed by atoms with Gasteiger partial charge in [-0.1, -0.05) is 17.3 Å². The van der Waals surface area contributed by atoms with E-state index in [1.165, 1.54) is 4.90 Å². The summed E-state index contributed by atoms with van der Waals surface area (Å²) in [5.41, 5.74) is -0.876. The van der Waals surface area contributed by atoms with Crippen molar-refractivity contribution in [2.45, 2.75) is 18.6 Å². The van der Waals surface area contributed by atoms with E-state index in [4.69, 9.17) is 9.26 Å². The number of carbonyl (C=O) groups excluding carboxylic acids is 2. The number of hydrogen-bond acceptors (Lipinski definition) is 6. The fourth-order valence-corrected chi connectivity index (χ4v) is 3.44. The minimum atomic E-state index is -1.25. The molecule has 2 bridgehead atoms. The van der Waals surface area contributed by atoms with Gasteiger partial charge in [0.2, 0.25) is 5.91 Å². The molecule has 7 nitrogen and oxygen atoms in total. The van der Waals surface area contributed by atoms with Crippen LogP contribution in [0.2, 0.25) is 0 Å². The first-order chi connectivity index (χ1) is 9.52. The number of hydrogen-bond donors (Lipinski definition) is 0. The van der Waals surface area contributed by atoms with Crippen molar-refractivity contribution >= 4 is 17.7 Å². The maximum Gasteiger partial charge on any atom is 0.235 e. The Hall–Kier alpha value is -2.15. The lowest BCUT2D eigenvalue weighted by Gasteiger charge is -2.24. The molecule has 0 unspecified atom stereocenters. The number of ether oxygens (including phenoxy) is 1. The summed E-state index contributed by atoms with van der Waals surface area (Å²) in [4.78, 5) is 25.2. The number of rotatable bonds is 2. The summed E-state index contributed by atoms with van der Waals surface area (Å²) < 4.78 is 10.7. The number of carboxylic acids is 1. The number of amides is 1. The van der Waals surface area contributed by atoms with Gasteiger partial charge < -0.3 is 19.2 Å². The van der Waals surface area contributed by atoms with Crippen molar-refractivity contribution in [2.75, 3.05) is 11.4 Å². The van der Waals surface area contributed by atoms with Crippen LogP contribution in [0.3, 0.4) is 0 Å². The Morgan fingerprint density at radius 2 is 2.40 bits per heavy atom. The van der Waals surface area contributed by atoms with Crippen LogP contribution in [0.4, 0.5) is 5.82 Å². The maximum absolute atomic E-state index is 12.5. The predicted octanol–water partition coefficient (Wildman–Crippen LogP) is -0.981. The zero-order valence-electron chi connectivity index (χ0n) is 10.6. The molecule has 4 rings (SSSR count). The van der Waals surface area contributed by atoms with Gasteiger partial charge in [-0.2, -0.15) is 0 Å². The molecule has 4 heterocycles. The molecular weight excluding hydrogens is 264 g/mol. The van der Waals surface area contributed by atoms with E-state index >= 15 is 0 Å². The summed E-state index contributed by atoms with van der Waals surface area (Å²) in [6, 6.07) is 1.64. The number of nitrogens with zero attached hydrogens (tertiary/aromatic N) is 2. The molecule has 1 aromatic heterocycles. The lowest BCUT2D eigenvalue weighted by molar-refractivity contribution is -0.313. The van der Waals surface area contributed by atoms with Gasteiger partial charge in [0.25, 0.3) is 0 Å². The van der Waals surface area contributed by atoms with Crippen LogP contribution in [0.15, 0.2) is 22.7 Å². The predicted molar refractivity (Wildman–Crippen MR) is 62.3 cm³/mol. The normalized spacial score (nSPS) is 37.8. The number of aryl methyl sites for hydroxylation is 1. The van der Waals surface area contributed by atoms with Gasteiger partial charge in [-0.3, -0.25) is 9.69 Å². The maximum atomic E-state index is 12.5. The molecule has 3 aliphatic rings. The van der Waals surface area contributed by atoms with Crippen molar-refractivity contribution in [3.63, 3.8) is 0 Å². The van der Waals surface area contributed by atoms with Crippen LogP contribution in [0, 0.1) is 18.8 Å². The summed E-state index contributed by atoms with van der Waals surface area (Å²) in [5.74, 6) is -2.28. The van der Waals surface area contributed by atoms with E-state index in [2.05, 4.69) is 5.16 Å². The lowest BCUT2D eigenvalue weighted by atomic mass is 9.77. The minimum Gasteiger partial charge on any atom is -0.550 e. The average Bonchev–Trinajstić information content (AvgIpc) is 3.10. The Labute approximate surface area is 113 Å². The molecule has 1 aromatic rings. The summed E-state index contributed by atoms with van der Waals surface area (Å²) in [5, 5.41) is 15.1. The van der Waals surface area contributed by atoms with E-state index in [-0.39, 0.29) is 12.5 Å². The molecule has 0 radical (unpaired) electrons. The highest BCUT2D eigenvalue weighted by Crippen LogP contribution is 2.52. The summed E-state index contributed by atoms with van der Waals surface area (Å²) in [6.07, 6.45) is 2.91. The first-order valence-corrected chi connectivity index (χ1v) is 6.34. The number of aromatic nitrogens is 1. The molecule has 1 amide bonds. The number of fused-ring (bicyclic) bond motifs is 1. The monoisotopic (exact) mass is 275 g/mol. The molecule has 20 heavy (non-hydrogen) atoms. The molecule has 0 aliphatic carbocycles. The highest BCUT2D eigenvalue weighted by molar-refractivity contribution is 6.01. The van der Waals surface area contributed by atoms with E-state index in [0.717, 1.165) is 0 Å². The molecule has 0 aromatic carbocycles. The Morgan fingerprint density at radius 1 is 1.60 bits per heavy atom. The average molecular weight is 275 g/mol. The molecule has 104 valence electrons. The van der Waals surface area contributed by atoms with Gasteiger partial charge in [0, 0.05) is 18.0 Å². The van der Waals surface area contributed by atoms with Gasteiger partial charge in [-0.15, -0.1) is 0 Å². The third-order valence-electron chi connectivity index (χ3n) is 4.26. The van der Waals surface area contributed by atoms with Gasteiger partial charge >= 0.3 is 0 Å². The highest BCUT2D eigenvalue weighted by Gasteiger charge is 2.65. The number of carboxylic acid groups (broad SMARTS) is 1. The summed E-state index contributed by atoms with van der Waals surface area (Å²) >= 11 is 0. The smallest absolute Gasteiger partial charge is 0.235 e. The Balaban J connectivity index is 1.75. The molecular formula is C13H11N2O5-. The number of anilines is 1. The molecule has 0 saturated carbocycles. The first-order valence-electron chi connectivity index (χ1n) is 6.34. The topological polar surface area (TPSA) is 95.7 Å². The molecule has 7 heteroatoms. The van der Waals surface area contributed by atoms with E-state index in [1.54, 1.807) is 25.1 Å². The molecule has 2 fully saturated rings. The molecule has 3 aliphatic heterocycles. The summed E-state index contributed by atoms with van der Waals surface area (Å²) in [7, 11) is 0. The lowest BCUT2D eigenvalue weighted by Crippen LogP contribution is -2.45. The minimum absolute atomic E-state index is 0.249. The Kier molecular flexibility index (Phi) is 2.03. The van der Waals surface area contributed by atoms with Gasteiger partial charge in [0.05, 0.1) is 18.6 Å². The van der Waals surface area contributed by atoms with E-state index < -0.39 is 29.5 Å². The second kappa shape index (κ2) is 3.49. The number of carbonyl (C=O) groups is 2. The fourth-order valence-electron chi connectivity index (χ4n) is 3.44. The largest absolute Gasteiger partial charge is 0.550 e. The van der Waals surface area contributed by atoms with Crippen molar-refractivity contribution in [1.82, 2.24) is 5.16 Å². The van der Waals surface area contributed by atoms with Crippen LogP contribution >= 0.6 is 0 Å². The molecule has 1 spiro atoms. The van der Waals surface area contributed by atoms with Crippen LogP contribution in [-0.4, -0.2) is 35.3 Å². The highest BCUT2D eigenvalue weighted by atomic mass is 16.5. The van der Waals surface area contributed by atoms with Crippen LogP contribution in [0.1, 0.15) is 5.76 Å². The standard InChI is InChI=1S/C13H12N2O5/c1-6-4-8(14-20-6)15-5-13-3-2-7(19-13)9(12(17)18)10(13)11(15)16/h2-4,7,9-10H,5H2,1H3,(H,17,18)/p-1/t7-,9+,10-,13+/m0/s1. The SMILES string of the molecule is Cc1cc(N2C[C@@]34C=C[C@H](O3)[C@@H](C(=O)[O-])[C@H]4C2=O)no1. The first kappa shape index (κ1) is 11.7. The van der Waals surface area contributed by atoms with E-state index in [1.807, 2.05) is 0 Å². The van der Waals surface area contributed by atoms with Crippen LogP contribution in [-0.2, 0) is 14.3 Å². The van der Waals surface area contributed by atoms with Gasteiger partial charge in [0.15, 0.2) is 5.82 Å². The van der Waals surface area contributed by atoms with Gasteiger partial charge in [-0.25, -0.2) is 0 Å². The Morgan fingerprint density at radius 3 is 3.05 bits per heavy atom. The van der Waals surface area contributed by atoms with Crippen molar-refractivity contribution in [1.29, 1.82) is 0 Å². The fraction of sp³-hybridized carbons (Fsp3) is 0.462. The van der Waals surface area contributed by atoms with Crippen LogP contribution in [0.25, 0.3) is 0 Å². The quantitative estimate of drug-likeness (QED) is 0.644. The second-order valence-electron chi connectivity index (χ2n) is 5.44. The third-order valence-corrected chi connectivity index (χ3v) is 4.26. The summed E-state index contributed by atoms with van der Waals surface area (Å²) in [6.45, 7) is 1.97. The third kappa shape index (κ3) is 1.25. The van der Waals surface area contributed by atoms with E-state index in [9.17, 15) is 14.7 Å². The van der Waals surface area contributed by atoms with Crippen molar-refractivity contribution in [3.05, 3.63) is 24.0 Å². The van der Waals surface area contributed by atoms with Crippen molar-refractivity contribution in [3.8, 4) is 0 Å².